The number of nitrogens with zero attached hydrogens (tertiary/aromatic N) is 3. The molecule has 5 heteroatoms. The van der Waals surface area contributed by atoms with Gasteiger partial charge in [-0.25, -0.2) is 9.97 Å². The maximum absolute atomic E-state index is 12.1. The number of piperazine rings is 1. The molecular weight excluding hydrogens is 204 g/mol. The average Bonchev–Trinajstić information content (AvgIpc) is 2.39. The summed E-state index contributed by atoms with van der Waals surface area (Å²) in [6.45, 7) is 5.24. The monoisotopic (exact) mass is 220 g/mol. The van der Waals surface area contributed by atoms with Gasteiger partial charge < -0.3 is 10.2 Å². The van der Waals surface area contributed by atoms with Crippen molar-refractivity contribution in [3.05, 3.63) is 24.3 Å². The lowest BCUT2D eigenvalue weighted by atomic mass is 10.0. The summed E-state index contributed by atoms with van der Waals surface area (Å²) in [4.78, 5) is 21.9. The van der Waals surface area contributed by atoms with E-state index in [1.165, 1.54) is 6.33 Å². The molecule has 1 N–H and O–H groups in total. The number of hydrogen-bond donors (Lipinski definition) is 1. The highest BCUT2D eigenvalue weighted by atomic mass is 16.2. The van der Waals surface area contributed by atoms with Gasteiger partial charge in [-0.05, 0) is 6.92 Å². The van der Waals surface area contributed by atoms with E-state index in [4.69, 9.17) is 0 Å². The molecule has 1 amide bonds. The summed E-state index contributed by atoms with van der Waals surface area (Å²) in [6.07, 6.45) is 4.89. The third kappa shape index (κ3) is 2.36. The minimum Gasteiger partial charge on any atom is -0.340 e. The molecule has 1 unspecified atom stereocenters. The zero-order valence-electron chi connectivity index (χ0n) is 9.39. The molecule has 1 aliphatic rings. The predicted molar refractivity (Wildman–Crippen MR) is 59.9 cm³/mol. The van der Waals surface area contributed by atoms with Crippen LogP contribution in [0.15, 0.2) is 18.7 Å². The molecule has 1 saturated heterocycles. The van der Waals surface area contributed by atoms with Gasteiger partial charge in [-0.2, -0.15) is 0 Å². The molecule has 5 nitrogen and oxygen atoms in total. The number of rotatable bonds is 2. The Balaban J connectivity index is 2.04. The SMILES string of the molecule is CC(C(=O)N1CCNCC1)c1cncnc1. The van der Waals surface area contributed by atoms with E-state index in [2.05, 4.69) is 15.3 Å². The highest BCUT2D eigenvalue weighted by Gasteiger charge is 2.23. The van der Waals surface area contributed by atoms with Crippen molar-refractivity contribution in [2.75, 3.05) is 26.2 Å². The fourth-order valence-electron chi connectivity index (χ4n) is 1.84. The molecule has 1 fully saturated rings. The summed E-state index contributed by atoms with van der Waals surface area (Å²) in [5, 5.41) is 3.23. The quantitative estimate of drug-likeness (QED) is 0.763. The minimum absolute atomic E-state index is 0.153. The summed E-state index contributed by atoms with van der Waals surface area (Å²) in [5.41, 5.74) is 0.881. The Morgan fingerprint density at radius 1 is 1.38 bits per heavy atom. The van der Waals surface area contributed by atoms with Crippen LogP contribution in [-0.4, -0.2) is 47.0 Å². The second kappa shape index (κ2) is 5.03. The van der Waals surface area contributed by atoms with E-state index >= 15 is 0 Å². The van der Waals surface area contributed by atoms with E-state index in [1.54, 1.807) is 12.4 Å². The van der Waals surface area contributed by atoms with Gasteiger partial charge in [-0.1, -0.05) is 0 Å². The van der Waals surface area contributed by atoms with Crippen LogP contribution in [0.3, 0.4) is 0 Å². The molecule has 1 aliphatic heterocycles. The number of aromatic nitrogens is 2. The molecule has 2 heterocycles. The third-order valence-electron chi connectivity index (χ3n) is 2.88. The molecule has 2 rings (SSSR count). The summed E-state index contributed by atoms with van der Waals surface area (Å²) in [6, 6.07) is 0. The van der Waals surface area contributed by atoms with Gasteiger partial charge in [0.2, 0.25) is 5.91 Å². The number of carbonyl (C=O) groups excluding carboxylic acids is 1. The fraction of sp³-hybridized carbons (Fsp3) is 0.545. The van der Waals surface area contributed by atoms with Crippen LogP contribution in [-0.2, 0) is 4.79 Å². The Morgan fingerprint density at radius 2 is 2.00 bits per heavy atom. The smallest absolute Gasteiger partial charge is 0.230 e. The molecule has 0 aromatic carbocycles. The average molecular weight is 220 g/mol. The molecule has 1 atom stereocenters. The summed E-state index contributed by atoms with van der Waals surface area (Å²) in [7, 11) is 0. The van der Waals surface area contributed by atoms with Crippen LogP contribution in [0.25, 0.3) is 0 Å². The Labute approximate surface area is 94.9 Å². The first-order valence-electron chi connectivity index (χ1n) is 5.53. The van der Waals surface area contributed by atoms with Gasteiger partial charge in [0.1, 0.15) is 6.33 Å². The number of nitrogens with one attached hydrogen (secondary N) is 1. The molecule has 1 aromatic rings. The van der Waals surface area contributed by atoms with E-state index in [0.717, 1.165) is 31.7 Å². The maximum Gasteiger partial charge on any atom is 0.230 e. The normalized spacial score (nSPS) is 18.2. The van der Waals surface area contributed by atoms with Crippen LogP contribution in [0.5, 0.6) is 0 Å². The van der Waals surface area contributed by atoms with Crippen molar-refractivity contribution in [1.82, 2.24) is 20.2 Å². The highest BCUT2D eigenvalue weighted by Crippen LogP contribution is 2.16. The number of hydrogen-bond acceptors (Lipinski definition) is 4. The van der Waals surface area contributed by atoms with Crippen molar-refractivity contribution in [1.29, 1.82) is 0 Å². The van der Waals surface area contributed by atoms with E-state index < -0.39 is 0 Å². The van der Waals surface area contributed by atoms with Crippen molar-refractivity contribution >= 4 is 5.91 Å². The molecule has 0 bridgehead atoms. The Bertz CT molecular complexity index is 348. The first-order chi connectivity index (χ1) is 7.79. The Kier molecular flexibility index (Phi) is 3.46. The lowest BCUT2D eigenvalue weighted by molar-refractivity contribution is -0.133. The Morgan fingerprint density at radius 3 is 2.62 bits per heavy atom. The van der Waals surface area contributed by atoms with Gasteiger partial charge in [0, 0.05) is 44.1 Å². The van der Waals surface area contributed by atoms with E-state index in [9.17, 15) is 4.79 Å². The van der Waals surface area contributed by atoms with Crippen LogP contribution in [0.2, 0.25) is 0 Å². The van der Waals surface area contributed by atoms with Gasteiger partial charge in [0.15, 0.2) is 0 Å². The van der Waals surface area contributed by atoms with Crippen molar-refractivity contribution in [2.45, 2.75) is 12.8 Å². The number of amides is 1. The molecule has 0 saturated carbocycles. The second-order valence-electron chi connectivity index (χ2n) is 3.97. The molecule has 0 spiro atoms. The van der Waals surface area contributed by atoms with Crippen molar-refractivity contribution in [2.24, 2.45) is 0 Å². The predicted octanol–water partition coefficient (Wildman–Crippen LogP) is 0.0119. The minimum atomic E-state index is -0.153. The zero-order chi connectivity index (χ0) is 11.4. The van der Waals surface area contributed by atoms with Gasteiger partial charge >= 0.3 is 0 Å². The van der Waals surface area contributed by atoms with Crippen molar-refractivity contribution in [3.63, 3.8) is 0 Å². The largest absolute Gasteiger partial charge is 0.340 e. The zero-order valence-corrected chi connectivity index (χ0v) is 9.39. The second-order valence-corrected chi connectivity index (χ2v) is 3.97. The van der Waals surface area contributed by atoms with Crippen molar-refractivity contribution < 1.29 is 4.79 Å². The van der Waals surface area contributed by atoms with Crippen LogP contribution in [0.4, 0.5) is 0 Å². The fourth-order valence-corrected chi connectivity index (χ4v) is 1.84. The van der Waals surface area contributed by atoms with Gasteiger partial charge in [0.25, 0.3) is 0 Å². The van der Waals surface area contributed by atoms with E-state index in [0.29, 0.717) is 0 Å². The van der Waals surface area contributed by atoms with Gasteiger partial charge in [0.05, 0.1) is 5.92 Å². The molecule has 16 heavy (non-hydrogen) atoms. The van der Waals surface area contributed by atoms with Gasteiger partial charge in [-0.15, -0.1) is 0 Å². The van der Waals surface area contributed by atoms with Crippen LogP contribution in [0.1, 0.15) is 18.4 Å². The standard InChI is InChI=1S/C11H16N4O/c1-9(10-6-13-8-14-7-10)11(16)15-4-2-12-3-5-15/h6-9,12H,2-5H2,1H3. The summed E-state index contributed by atoms with van der Waals surface area (Å²) >= 11 is 0. The molecular formula is C11H16N4O. The Hall–Kier alpha value is -1.49. The van der Waals surface area contributed by atoms with E-state index in [-0.39, 0.29) is 11.8 Å². The molecule has 0 aliphatic carbocycles. The maximum atomic E-state index is 12.1. The molecule has 86 valence electrons. The lowest BCUT2D eigenvalue weighted by Gasteiger charge is -2.29. The summed E-state index contributed by atoms with van der Waals surface area (Å²) in [5.74, 6) is 0.00981. The number of carbonyl (C=O) groups is 1. The van der Waals surface area contributed by atoms with Crippen LogP contribution >= 0.6 is 0 Å². The van der Waals surface area contributed by atoms with Gasteiger partial charge in [-0.3, -0.25) is 4.79 Å². The lowest BCUT2D eigenvalue weighted by Crippen LogP contribution is -2.47. The van der Waals surface area contributed by atoms with Crippen LogP contribution in [0, 0.1) is 0 Å². The van der Waals surface area contributed by atoms with Crippen molar-refractivity contribution in [3.8, 4) is 0 Å². The summed E-state index contributed by atoms with van der Waals surface area (Å²) < 4.78 is 0. The first kappa shape index (κ1) is 11.0. The molecule has 1 aromatic heterocycles. The van der Waals surface area contributed by atoms with Crippen LogP contribution < -0.4 is 5.32 Å². The topological polar surface area (TPSA) is 58.1 Å². The van der Waals surface area contributed by atoms with E-state index in [1.807, 2.05) is 11.8 Å². The first-order valence-corrected chi connectivity index (χ1v) is 5.53. The molecule has 0 radical (unpaired) electrons. The highest BCUT2D eigenvalue weighted by molar-refractivity contribution is 5.83. The third-order valence-corrected chi connectivity index (χ3v) is 2.88.